The van der Waals surface area contributed by atoms with E-state index in [1.165, 1.54) is 19.1 Å². The summed E-state index contributed by atoms with van der Waals surface area (Å²) in [5.74, 6) is 0.250. The summed E-state index contributed by atoms with van der Waals surface area (Å²) in [5.41, 5.74) is 7.73. The fourth-order valence-electron chi connectivity index (χ4n) is 4.68. The molecular weight excluding hydrogens is 565 g/mol. The molecule has 0 spiro atoms. The van der Waals surface area contributed by atoms with Gasteiger partial charge >= 0.3 is 13.8 Å². The van der Waals surface area contributed by atoms with Crippen LogP contribution in [0.2, 0.25) is 0 Å². The maximum absolute atomic E-state index is 12.8. The molecule has 1 saturated carbocycles. The molecule has 0 bridgehead atoms. The first-order valence-electron chi connectivity index (χ1n) is 13.9. The molecule has 2 heterocycles. The Morgan fingerprint density at radius 3 is 2.71 bits per heavy atom. The number of hydrogen-bond donors (Lipinski definition) is 3. The van der Waals surface area contributed by atoms with Crippen molar-refractivity contribution in [2.45, 2.75) is 57.7 Å². The number of nitrogen functional groups attached to an aromatic ring is 1. The van der Waals surface area contributed by atoms with Crippen LogP contribution in [0.25, 0.3) is 11.2 Å². The van der Waals surface area contributed by atoms with Gasteiger partial charge in [-0.3, -0.25) is 14.3 Å². The van der Waals surface area contributed by atoms with Crippen molar-refractivity contribution in [1.82, 2.24) is 19.5 Å². The van der Waals surface area contributed by atoms with Gasteiger partial charge in [-0.2, -0.15) is 9.97 Å². The van der Waals surface area contributed by atoms with Gasteiger partial charge in [0.1, 0.15) is 5.75 Å². The summed E-state index contributed by atoms with van der Waals surface area (Å²) < 4.78 is 30.2. The second-order valence-corrected chi connectivity index (χ2v) is 11.7. The highest BCUT2D eigenvalue weighted by molar-refractivity contribution is 7.48. The molecule has 5 rings (SSSR count). The molecule has 0 radical (unpaired) electrons. The molecule has 226 valence electrons. The summed E-state index contributed by atoms with van der Waals surface area (Å²) in [6.45, 7) is 3.96. The van der Waals surface area contributed by atoms with Crippen LogP contribution in [0.3, 0.4) is 0 Å². The Morgan fingerprint density at radius 2 is 2.02 bits per heavy atom. The zero-order valence-electron chi connectivity index (χ0n) is 23.8. The fourth-order valence-corrected chi connectivity index (χ4v) is 5.49. The quantitative estimate of drug-likeness (QED) is 0.137. The number of allylic oxidation sites excluding steroid dienone is 1. The monoisotopic (exact) mass is 601 g/mol. The molecule has 2 aliphatic carbocycles. The number of nitrogens with one attached hydrogen (secondary N) is 1. The molecule has 1 unspecified atom stereocenters. The van der Waals surface area contributed by atoms with E-state index in [9.17, 15) is 14.3 Å². The van der Waals surface area contributed by atoms with Crippen molar-refractivity contribution in [3.05, 3.63) is 42.7 Å². The first-order chi connectivity index (χ1) is 20.2. The second kappa shape index (κ2) is 12.7. The Labute approximate surface area is 243 Å². The molecule has 14 nitrogen and oxygen atoms in total. The van der Waals surface area contributed by atoms with Crippen molar-refractivity contribution in [1.29, 1.82) is 0 Å². The van der Waals surface area contributed by atoms with Crippen LogP contribution in [0.4, 0.5) is 17.5 Å². The minimum atomic E-state index is -4.71. The standard InChI is InChI=1S/C27H36N7O7P/c1-4-13-39-22-11-9-20(10-12-22)34(38-3)17(2)26(35)41-42(36,37)40-15-18-5-8-21(14-18)33-16-29-23-24(30-19-6-7-19)31-27(28)32-25(23)33/h5,8-12,16-19,21H,4,6-7,13-15H2,1-3H3,(H,36,37)(H3,28,30,31,32)/t17-,18+,21-/m0/s1. The van der Waals surface area contributed by atoms with Gasteiger partial charge in [-0.1, -0.05) is 19.1 Å². The topological polar surface area (TPSA) is 176 Å². The summed E-state index contributed by atoms with van der Waals surface area (Å²) >= 11 is 0. The lowest BCUT2D eigenvalue weighted by Gasteiger charge is -2.27. The molecule has 3 aromatic rings. The number of benzene rings is 1. The third-order valence-corrected chi connectivity index (χ3v) is 7.86. The van der Waals surface area contributed by atoms with E-state index < -0.39 is 19.8 Å². The van der Waals surface area contributed by atoms with E-state index in [0.29, 0.717) is 47.5 Å². The van der Waals surface area contributed by atoms with Crippen LogP contribution in [0.1, 0.15) is 45.6 Å². The Balaban J connectivity index is 1.15. The van der Waals surface area contributed by atoms with Gasteiger partial charge in [0.15, 0.2) is 23.0 Å². The Kier molecular flexibility index (Phi) is 8.97. The average molecular weight is 602 g/mol. The molecule has 1 aromatic carbocycles. The van der Waals surface area contributed by atoms with E-state index in [-0.39, 0.29) is 24.5 Å². The lowest BCUT2D eigenvalue weighted by Crippen LogP contribution is -2.39. The van der Waals surface area contributed by atoms with Crippen LogP contribution >= 0.6 is 7.82 Å². The van der Waals surface area contributed by atoms with Crippen LogP contribution in [-0.2, 0) is 23.2 Å². The van der Waals surface area contributed by atoms with Crippen molar-refractivity contribution in [2.24, 2.45) is 5.92 Å². The van der Waals surface area contributed by atoms with Gasteiger partial charge in [-0.15, -0.1) is 0 Å². The van der Waals surface area contributed by atoms with Crippen molar-refractivity contribution in [3.8, 4) is 5.75 Å². The van der Waals surface area contributed by atoms with E-state index in [1.807, 2.05) is 23.6 Å². The van der Waals surface area contributed by atoms with Crippen LogP contribution in [-0.4, -0.2) is 62.8 Å². The van der Waals surface area contributed by atoms with E-state index in [4.69, 9.17) is 24.4 Å². The molecule has 0 saturated heterocycles. The predicted octanol–water partition coefficient (Wildman–Crippen LogP) is 4.01. The third-order valence-electron chi connectivity index (χ3n) is 6.97. The molecule has 2 aliphatic rings. The van der Waals surface area contributed by atoms with Crippen LogP contribution < -0.4 is 20.9 Å². The van der Waals surface area contributed by atoms with Gasteiger partial charge in [0.25, 0.3) is 0 Å². The number of phosphoric ester groups is 1. The summed E-state index contributed by atoms with van der Waals surface area (Å²) in [7, 11) is -3.32. The fraction of sp³-hybridized carbons (Fsp3) is 0.481. The van der Waals surface area contributed by atoms with Crippen LogP contribution in [0, 0.1) is 5.92 Å². The van der Waals surface area contributed by atoms with Crippen LogP contribution in [0.15, 0.2) is 42.7 Å². The second-order valence-electron chi connectivity index (χ2n) is 10.3. The number of hydroxylamine groups is 1. The Hall–Kier alpha value is -3.71. The lowest BCUT2D eigenvalue weighted by molar-refractivity contribution is -0.139. The minimum absolute atomic E-state index is 0.124. The largest absolute Gasteiger partial charge is 0.529 e. The Bertz CT molecular complexity index is 1480. The smallest absolute Gasteiger partial charge is 0.494 e. The molecular formula is C27H36N7O7P. The number of imidazole rings is 1. The number of carbonyl (C=O) groups is 1. The van der Waals surface area contributed by atoms with E-state index >= 15 is 0 Å². The normalized spacial score (nSPS) is 20.3. The number of phosphoric acid groups is 1. The molecule has 0 aliphatic heterocycles. The van der Waals surface area contributed by atoms with Gasteiger partial charge in [0.2, 0.25) is 5.95 Å². The zero-order valence-corrected chi connectivity index (χ0v) is 24.6. The molecule has 15 heteroatoms. The number of rotatable bonds is 14. The third kappa shape index (κ3) is 7.01. The molecule has 2 aromatic heterocycles. The molecule has 4 N–H and O–H groups in total. The van der Waals surface area contributed by atoms with Crippen molar-refractivity contribution < 1.29 is 32.9 Å². The van der Waals surface area contributed by atoms with E-state index in [1.54, 1.807) is 30.6 Å². The maximum Gasteiger partial charge on any atom is 0.529 e. The number of nitrogens with zero attached hydrogens (tertiary/aromatic N) is 5. The van der Waals surface area contributed by atoms with Crippen molar-refractivity contribution in [2.75, 3.05) is 36.4 Å². The highest BCUT2D eigenvalue weighted by atomic mass is 31.2. The molecule has 1 fully saturated rings. The minimum Gasteiger partial charge on any atom is -0.494 e. The van der Waals surface area contributed by atoms with Gasteiger partial charge in [0.05, 0.1) is 38.4 Å². The summed E-state index contributed by atoms with van der Waals surface area (Å²) in [6.07, 6.45) is 9.11. The molecule has 42 heavy (non-hydrogen) atoms. The van der Waals surface area contributed by atoms with E-state index in [2.05, 4.69) is 20.3 Å². The average Bonchev–Trinajstić information content (AvgIpc) is 3.47. The SMILES string of the molecule is CCCOc1ccc(N(OC)[C@@H](C)C(=O)OP(=O)(O)OC[C@@H]2C=C[C@H](n3cnc4c(NC5CC5)nc(N)nc43)C2)cc1. The van der Waals surface area contributed by atoms with Gasteiger partial charge in [0, 0.05) is 12.0 Å². The number of nitrogens with two attached hydrogens (primary N) is 1. The number of fused-ring (bicyclic) bond motifs is 1. The summed E-state index contributed by atoms with van der Waals surface area (Å²) in [4.78, 5) is 41.6. The highest BCUT2D eigenvalue weighted by Crippen LogP contribution is 2.45. The molecule has 4 atom stereocenters. The molecule has 0 amide bonds. The number of anilines is 3. The number of aromatic nitrogens is 4. The van der Waals surface area contributed by atoms with Gasteiger partial charge < -0.3 is 24.9 Å². The van der Waals surface area contributed by atoms with Crippen molar-refractivity contribution >= 4 is 42.4 Å². The Morgan fingerprint density at radius 1 is 1.26 bits per heavy atom. The lowest BCUT2D eigenvalue weighted by atomic mass is 10.1. The van der Waals surface area contributed by atoms with Gasteiger partial charge in [-0.05, 0) is 56.9 Å². The summed E-state index contributed by atoms with van der Waals surface area (Å²) in [6, 6.07) is 6.13. The first kappa shape index (κ1) is 29.8. The zero-order chi connectivity index (χ0) is 29.9. The summed E-state index contributed by atoms with van der Waals surface area (Å²) in [5, 5.41) is 4.61. The van der Waals surface area contributed by atoms with E-state index in [0.717, 1.165) is 19.3 Å². The first-order valence-corrected chi connectivity index (χ1v) is 15.4. The number of hydrogen-bond acceptors (Lipinski definition) is 12. The maximum atomic E-state index is 12.8. The number of ether oxygens (including phenoxy) is 1. The van der Waals surface area contributed by atoms with Gasteiger partial charge in [-0.25, -0.2) is 19.4 Å². The predicted molar refractivity (Wildman–Crippen MR) is 156 cm³/mol. The van der Waals surface area contributed by atoms with Crippen LogP contribution in [0.5, 0.6) is 5.75 Å². The number of carbonyl (C=O) groups excluding carboxylic acids is 1. The van der Waals surface area contributed by atoms with Crippen molar-refractivity contribution in [3.63, 3.8) is 0 Å². The highest BCUT2D eigenvalue weighted by Gasteiger charge is 2.34.